The summed E-state index contributed by atoms with van der Waals surface area (Å²) in [6.07, 6.45) is 1.37. The van der Waals surface area contributed by atoms with Crippen LogP contribution in [-0.4, -0.2) is 5.71 Å². The van der Waals surface area contributed by atoms with Gasteiger partial charge < -0.3 is 5.41 Å². The van der Waals surface area contributed by atoms with Crippen molar-refractivity contribution in [2.75, 3.05) is 0 Å². The van der Waals surface area contributed by atoms with Crippen LogP contribution in [0.4, 0.5) is 0 Å². The Bertz CT molecular complexity index is 156. The van der Waals surface area contributed by atoms with Crippen molar-refractivity contribution < 1.29 is 0 Å². The smallest absolute Gasteiger partial charge is 0.0694 e. The van der Waals surface area contributed by atoms with Crippen molar-refractivity contribution in [2.45, 2.75) is 19.8 Å². The van der Waals surface area contributed by atoms with Crippen LogP contribution in [0.25, 0.3) is 0 Å². The standard InChI is InChI=1S/C6H8N2/c1-6(4-7)2-5(8)3-6/h8H,2-3H2,1H3. The maximum atomic E-state index is 8.42. The quantitative estimate of drug-likeness (QED) is 0.500. The van der Waals surface area contributed by atoms with Crippen molar-refractivity contribution in [3.8, 4) is 6.07 Å². The largest absolute Gasteiger partial charge is 0.310 e. The normalized spacial score (nSPS) is 35.8. The number of hydrogen-bond acceptors (Lipinski definition) is 2. The summed E-state index contributed by atoms with van der Waals surface area (Å²) >= 11 is 0. The summed E-state index contributed by atoms with van der Waals surface area (Å²) in [5.41, 5.74) is 0.533. The molecule has 0 bridgehead atoms. The molecule has 1 aliphatic carbocycles. The Balaban J connectivity index is 2.56. The highest BCUT2D eigenvalue weighted by atomic mass is 14.5. The van der Waals surface area contributed by atoms with E-state index in [9.17, 15) is 0 Å². The lowest BCUT2D eigenvalue weighted by atomic mass is 9.70. The Morgan fingerprint density at radius 1 is 1.75 bits per heavy atom. The second kappa shape index (κ2) is 1.32. The zero-order chi connectivity index (χ0) is 6.20. The van der Waals surface area contributed by atoms with Gasteiger partial charge in [-0.1, -0.05) is 0 Å². The van der Waals surface area contributed by atoms with Crippen LogP contribution in [0.3, 0.4) is 0 Å². The van der Waals surface area contributed by atoms with Gasteiger partial charge in [-0.2, -0.15) is 5.26 Å². The van der Waals surface area contributed by atoms with E-state index < -0.39 is 0 Å². The van der Waals surface area contributed by atoms with Gasteiger partial charge in [0.25, 0.3) is 0 Å². The van der Waals surface area contributed by atoms with Gasteiger partial charge in [-0.3, -0.25) is 0 Å². The summed E-state index contributed by atoms with van der Waals surface area (Å²) in [6, 6.07) is 2.17. The van der Waals surface area contributed by atoms with Gasteiger partial charge >= 0.3 is 0 Å². The molecule has 42 valence electrons. The topological polar surface area (TPSA) is 47.6 Å². The Kier molecular flexibility index (Phi) is 0.872. The minimum absolute atomic E-state index is 0.183. The first-order chi connectivity index (χ1) is 3.66. The van der Waals surface area contributed by atoms with Crippen LogP contribution in [0.1, 0.15) is 19.8 Å². The Hall–Kier alpha value is -0.840. The maximum absolute atomic E-state index is 8.42. The highest BCUT2D eigenvalue weighted by Crippen LogP contribution is 2.36. The average Bonchev–Trinajstić information content (AvgIpc) is 1.63. The third-order valence-corrected chi connectivity index (χ3v) is 1.48. The molecule has 0 aromatic heterocycles. The van der Waals surface area contributed by atoms with Crippen LogP contribution in [0.2, 0.25) is 0 Å². The molecule has 0 aromatic carbocycles. The van der Waals surface area contributed by atoms with Gasteiger partial charge in [0.05, 0.1) is 11.5 Å². The summed E-state index contributed by atoms with van der Waals surface area (Å²) < 4.78 is 0. The summed E-state index contributed by atoms with van der Waals surface area (Å²) in [4.78, 5) is 0. The van der Waals surface area contributed by atoms with Crippen LogP contribution in [0, 0.1) is 22.2 Å². The molecule has 0 unspecified atom stereocenters. The molecule has 0 spiro atoms. The Morgan fingerprint density at radius 2 is 2.25 bits per heavy atom. The van der Waals surface area contributed by atoms with E-state index in [0.717, 1.165) is 0 Å². The van der Waals surface area contributed by atoms with Crippen LogP contribution in [0.5, 0.6) is 0 Å². The lowest BCUT2D eigenvalue weighted by molar-refractivity contribution is 0.412. The SMILES string of the molecule is CC1(C#N)CC(=N)C1. The minimum Gasteiger partial charge on any atom is -0.310 e. The van der Waals surface area contributed by atoms with Gasteiger partial charge in [-0.05, 0) is 6.92 Å². The number of rotatable bonds is 0. The molecule has 2 heteroatoms. The molecule has 0 radical (unpaired) electrons. The molecule has 1 aliphatic rings. The van der Waals surface area contributed by atoms with Gasteiger partial charge in [-0.25, -0.2) is 0 Å². The number of nitrogens with one attached hydrogen (secondary N) is 1. The first kappa shape index (κ1) is 5.30. The molecule has 0 saturated heterocycles. The maximum Gasteiger partial charge on any atom is 0.0694 e. The van der Waals surface area contributed by atoms with E-state index in [1.165, 1.54) is 0 Å². The van der Waals surface area contributed by atoms with Crippen molar-refractivity contribution in [1.29, 1.82) is 10.7 Å². The summed E-state index contributed by atoms with van der Waals surface area (Å²) in [5, 5.41) is 15.5. The van der Waals surface area contributed by atoms with E-state index in [-0.39, 0.29) is 5.41 Å². The fourth-order valence-electron chi connectivity index (χ4n) is 0.969. The minimum atomic E-state index is -0.183. The van der Waals surface area contributed by atoms with Crippen molar-refractivity contribution in [2.24, 2.45) is 5.41 Å². The molecule has 0 aromatic rings. The van der Waals surface area contributed by atoms with E-state index in [1.54, 1.807) is 0 Å². The fourth-order valence-corrected chi connectivity index (χ4v) is 0.969. The number of nitrogens with zero attached hydrogens (tertiary/aromatic N) is 1. The van der Waals surface area contributed by atoms with E-state index in [2.05, 4.69) is 6.07 Å². The molecule has 1 saturated carbocycles. The van der Waals surface area contributed by atoms with E-state index in [4.69, 9.17) is 10.7 Å². The first-order valence-corrected chi connectivity index (χ1v) is 2.64. The Labute approximate surface area is 48.6 Å². The number of hydrogen-bond donors (Lipinski definition) is 1. The highest BCUT2D eigenvalue weighted by molar-refractivity contribution is 5.89. The second-order valence-electron chi connectivity index (χ2n) is 2.63. The average molecular weight is 108 g/mol. The number of nitriles is 1. The molecular weight excluding hydrogens is 100 g/mol. The zero-order valence-corrected chi connectivity index (χ0v) is 4.86. The van der Waals surface area contributed by atoms with E-state index in [0.29, 0.717) is 18.6 Å². The predicted octanol–water partition coefficient (Wildman–Crippen LogP) is 1.33. The van der Waals surface area contributed by atoms with Crippen LogP contribution >= 0.6 is 0 Å². The first-order valence-electron chi connectivity index (χ1n) is 2.64. The monoisotopic (exact) mass is 108 g/mol. The molecule has 1 N–H and O–H groups in total. The fraction of sp³-hybridized carbons (Fsp3) is 0.667. The van der Waals surface area contributed by atoms with Crippen molar-refractivity contribution in [1.82, 2.24) is 0 Å². The van der Waals surface area contributed by atoms with E-state index >= 15 is 0 Å². The predicted molar refractivity (Wildman–Crippen MR) is 30.7 cm³/mol. The molecule has 1 fully saturated rings. The highest BCUT2D eigenvalue weighted by Gasteiger charge is 2.36. The zero-order valence-electron chi connectivity index (χ0n) is 4.86. The molecule has 0 aliphatic heterocycles. The molecule has 1 rings (SSSR count). The third kappa shape index (κ3) is 0.604. The molecule has 0 heterocycles. The lowest BCUT2D eigenvalue weighted by Crippen LogP contribution is -2.32. The van der Waals surface area contributed by atoms with Crippen molar-refractivity contribution in [3.05, 3.63) is 0 Å². The second-order valence-corrected chi connectivity index (χ2v) is 2.63. The van der Waals surface area contributed by atoms with Gasteiger partial charge in [0, 0.05) is 18.6 Å². The van der Waals surface area contributed by atoms with Crippen LogP contribution in [0.15, 0.2) is 0 Å². The summed E-state index contributed by atoms with van der Waals surface area (Å²) in [7, 11) is 0. The summed E-state index contributed by atoms with van der Waals surface area (Å²) in [5.74, 6) is 0. The van der Waals surface area contributed by atoms with Gasteiger partial charge in [0.15, 0.2) is 0 Å². The van der Waals surface area contributed by atoms with Gasteiger partial charge in [-0.15, -0.1) is 0 Å². The lowest BCUT2D eigenvalue weighted by Gasteiger charge is -2.31. The van der Waals surface area contributed by atoms with Crippen molar-refractivity contribution >= 4 is 5.71 Å². The van der Waals surface area contributed by atoms with Crippen LogP contribution in [-0.2, 0) is 0 Å². The van der Waals surface area contributed by atoms with Gasteiger partial charge in [0.1, 0.15) is 0 Å². The molecular formula is C6H8N2. The van der Waals surface area contributed by atoms with Gasteiger partial charge in [0.2, 0.25) is 0 Å². The van der Waals surface area contributed by atoms with Crippen molar-refractivity contribution in [3.63, 3.8) is 0 Å². The van der Waals surface area contributed by atoms with Crippen LogP contribution < -0.4 is 0 Å². The molecule has 8 heavy (non-hydrogen) atoms. The third-order valence-electron chi connectivity index (χ3n) is 1.48. The Morgan fingerprint density at radius 3 is 2.38 bits per heavy atom. The molecule has 0 atom stereocenters. The summed E-state index contributed by atoms with van der Waals surface area (Å²) in [6.45, 7) is 1.89. The van der Waals surface area contributed by atoms with E-state index in [1.807, 2.05) is 6.92 Å². The molecule has 0 amide bonds. The molecule has 2 nitrogen and oxygen atoms in total.